The third kappa shape index (κ3) is 43.2. The molecule has 666 valence electrons. The minimum absolute atomic E-state index is 0.247. The van der Waals surface area contributed by atoms with Crippen LogP contribution in [0.5, 0.6) is 0 Å². The van der Waals surface area contributed by atoms with E-state index < -0.39 is 0 Å². The lowest BCUT2D eigenvalue weighted by atomic mass is 10.2. The summed E-state index contributed by atoms with van der Waals surface area (Å²) in [6, 6.07) is 0. The zero-order chi connectivity index (χ0) is 88.7. The van der Waals surface area contributed by atoms with Crippen molar-refractivity contribution in [2.45, 2.75) is 132 Å². The molecular weight excluding hydrogens is 1530 g/mol. The first-order valence-corrected chi connectivity index (χ1v) is 40.3. The molecule has 8 rings (SSSR count). The maximum atomic E-state index is 5.60. The summed E-state index contributed by atoms with van der Waals surface area (Å²) in [5.74, 6) is 13.7. The van der Waals surface area contributed by atoms with E-state index in [4.69, 9.17) is 5.73 Å². The summed E-state index contributed by atoms with van der Waals surface area (Å²) in [5, 5.41) is 55.8. The van der Waals surface area contributed by atoms with Gasteiger partial charge in [-0.25, -0.2) is 0 Å². The molecule has 0 amide bonds. The zero-order valence-corrected chi connectivity index (χ0v) is 75.7. The third-order valence-electron chi connectivity index (χ3n) is 15.5. The van der Waals surface area contributed by atoms with Gasteiger partial charge in [0, 0.05) is 186 Å². The van der Waals surface area contributed by atoms with Crippen molar-refractivity contribution in [3.05, 3.63) is 0 Å². The van der Waals surface area contributed by atoms with Gasteiger partial charge in [-0.05, 0) is 52.4 Å². The molecule has 8 heterocycles. The van der Waals surface area contributed by atoms with Crippen LogP contribution in [0.25, 0.3) is 0 Å². The Morgan fingerprint density at radius 1 is 0.202 bits per heavy atom. The average molecular weight is 1670 g/mol. The van der Waals surface area contributed by atoms with E-state index in [1.54, 1.807) is 106 Å². The minimum atomic E-state index is 0.247. The van der Waals surface area contributed by atoms with Gasteiger partial charge in [-0.2, -0.15) is 120 Å². The number of aromatic nitrogens is 24. The highest BCUT2D eigenvalue weighted by molar-refractivity contribution is 5.48. The summed E-state index contributed by atoms with van der Waals surface area (Å²) < 4.78 is 0. The summed E-state index contributed by atoms with van der Waals surface area (Å²) in [6.45, 7) is 24.0. The molecule has 0 radical (unpaired) electrons. The Morgan fingerprint density at radius 3 is 0.697 bits per heavy atom. The van der Waals surface area contributed by atoms with Crippen LogP contribution in [-0.2, 0) is 0 Å². The third-order valence-corrected chi connectivity index (χ3v) is 15.5. The SMILES string of the molecule is CCCCCN(C)c1nc(N)nc(NC)n1.CCCCCNc1nc(NC)nc(NC)n1.CCCCN(C)c1nc(NC)nc(NC)n1.CCCCNc1nc(NC)nc(NC)n1.CCCN(C)c1nc(NC)nc(NC)n1.CCCNc1nc(NC)nc(NC)n1.CCN(C)c1nc(NC)nc(NC)n1.CCNc1nc(NC)nc(NC)n1. The molecule has 0 unspecified atom stereocenters. The number of nitrogens with two attached hydrogens (primary N) is 1. The van der Waals surface area contributed by atoms with E-state index in [9.17, 15) is 0 Å². The van der Waals surface area contributed by atoms with E-state index in [0.717, 1.165) is 104 Å². The van der Waals surface area contributed by atoms with Crippen LogP contribution in [0.4, 0.5) is 143 Å². The second-order valence-electron chi connectivity index (χ2n) is 24.9. The van der Waals surface area contributed by atoms with E-state index in [1.807, 2.05) is 61.6 Å². The largest absolute Gasteiger partial charge is 0.368 e. The smallest absolute Gasteiger partial charge is 0.231 e. The molecule has 0 fully saturated rings. The maximum Gasteiger partial charge on any atom is 0.231 e. The van der Waals surface area contributed by atoms with Crippen molar-refractivity contribution in [2.24, 2.45) is 0 Å². The average Bonchev–Trinajstić information content (AvgIpc) is 0.874. The van der Waals surface area contributed by atoms with Crippen LogP contribution in [0.1, 0.15) is 132 Å². The van der Waals surface area contributed by atoms with E-state index in [-0.39, 0.29) is 5.95 Å². The van der Waals surface area contributed by atoms with Crippen molar-refractivity contribution in [1.29, 1.82) is 0 Å². The number of anilines is 24. The summed E-state index contributed by atoms with van der Waals surface area (Å²) in [5.41, 5.74) is 5.60. The fourth-order valence-corrected chi connectivity index (χ4v) is 8.77. The van der Waals surface area contributed by atoms with Crippen LogP contribution in [-0.4, -0.2) is 306 Å². The predicted octanol–water partition coefficient (Wildman–Crippen LogP) is 7.41. The fraction of sp³-hybridized carbons (Fsp3) is 0.662. The Labute approximate surface area is 704 Å². The first kappa shape index (κ1) is 104. The molecule has 0 aliphatic carbocycles. The number of nitrogen functional groups attached to an aromatic ring is 1. The monoisotopic (exact) mass is 1670 g/mol. The summed E-state index contributed by atoms with van der Waals surface area (Å²) in [4.78, 5) is 108. The predicted molar refractivity (Wildman–Crippen MR) is 494 cm³/mol. The van der Waals surface area contributed by atoms with Gasteiger partial charge in [0.25, 0.3) is 0 Å². The quantitative estimate of drug-likeness (QED) is 0.0165. The lowest BCUT2D eigenvalue weighted by molar-refractivity contribution is 0.695. The molecule has 0 spiro atoms. The first-order chi connectivity index (χ1) is 57.5. The molecule has 48 heteroatoms. The fourth-order valence-electron chi connectivity index (χ4n) is 8.77. The van der Waals surface area contributed by atoms with Gasteiger partial charge in [0.05, 0.1) is 0 Å². The lowest BCUT2D eigenvalue weighted by Crippen LogP contribution is -2.22. The molecule has 21 N–H and O–H groups in total. The van der Waals surface area contributed by atoms with Gasteiger partial charge in [0.1, 0.15) is 0 Å². The molecule has 0 aliphatic heterocycles. The number of unbranched alkanes of at least 4 members (excludes halogenated alkanes) is 6. The van der Waals surface area contributed by atoms with Gasteiger partial charge in [0.15, 0.2) is 0 Å². The summed E-state index contributed by atoms with van der Waals surface area (Å²) in [6.07, 6.45) is 13.8. The highest BCUT2D eigenvalue weighted by Crippen LogP contribution is 2.18. The van der Waals surface area contributed by atoms with Crippen LogP contribution in [0, 0.1) is 0 Å². The number of hydrogen-bond acceptors (Lipinski definition) is 48. The van der Waals surface area contributed by atoms with Crippen molar-refractivity contribution in [3.63, 3.8) is 0 Å². The standard InChI is InChI=1S/3C10H20N6.2C9H18N6.2C8H16N6.C7H14N6/c1-5-6-7-16(4)10-14-8(11-2)13-9(12-3)15-10;1-4-5-6-7-16(3)10-14-8(11)13-9(12-2)15-10;1-4-5-6-7-13-10-15-8(11-2)14-9(12-3)16-10;1-5-6-15(4)9-13-7(10-2)12-8(11-3)14-9;1-4-5-6-12-9-14-7(10-2)13-8(11-3)15-9;1-5-14(4)8-12-6(9-2)11-7(10-3)13-8;1-4-5-11-8-13-6(9-2)12-7(10-3)14-8;1-4-10-7-12-5(8-2)11-6(9-3)13-7/h5-7H2,1-4H3,(H2,11,12,13,14,15);4-7H2,1-3H3,(H3,11,12,13,14,15);4-7H2,1-3H3,(H3,11,12,13,14,15,16);5-6H2,1-4H3,(H2,10,11,12,13,14);4-6H2,1-3H3,(H3,10,11,12,13,14,15);5H2,1-4H3,(H2,9,10,11,12,13);4-5H2,1-3H3,(H3,9,10,11,12,13,14);4H2,1-3H3,(H3,8,9,10,11,12,13). The summed E-state index contributed by atoms with van der Waals surface area (Å²) >= 11 is 0. The van der Waals surface area contributed by atoms with Gasteiger partial charge in [-0.3, -0.25) is 0 Å². The van der Waals surface area contributed by atoms with Crippen LogP contribution >= 0.6 is 0 Å². The Kier molecular flexibility index (Phi) is 55.6. The molecule has 0 aromatic carbocycles. The Hall–Kier alpha value is -12.7. The molecule has 0 aliphatic rings. The van der Waals surface area contributed by atoms with Crippen LogP contribution in [0.3, 0.4) is 0 Å². The minimum Gasteiger partial charge on any atom is -0.368 e. The normalized spacial score (nSPS) is 9.84. The Balaban J connectivity index is 0.000000681. The Bertz CT molecular complexity index is 3780. The van der Waals surface area contributed by atoms with Crippen molar-refractivity contribution >= 4 is 143 Å². The highest BCUT2D eigenvalue weighted by Gasteiger charge is 2.14. The van der Waals surface area contributed by atoms with E-state index >= 15 is 0 Å². The van der Waals surface area contributed by atoms with Gasteiger partial charge >= 0.3 is 0 Å². The van der Waals surface area contributed by atoms with Crippen LogP contribution in [0.2, 0.25) is 0 Å². The van der Waals surface area contributed by atoms with E-state index in [0.29, 0.717) is 137 Å². The second-order valence-corrected chi connectivity index (χ2v) is 24.9. The van der Waals surface area contributed by atoms with Crippen molar-refractivity contribution in [1.82, 2.24) is 120 Å². The van der Waals surface area contributed by atoms with Crippen molar-refractivity contribution in [2.75, 3.05) is 313 Å². The molecule has 0 saturated heterocycles. The molecule has 48 nitrogen and oxygen atoms in total. The van der Waals surface area contributed by atoms with Gasteiger partial charge in [-0.15, -0.1) is 0 Å². The van der Waals surface area contributed by atoms with E-state index in [1.165, 1.54) is 25.7 Å². The topological polar surface area (TPSA) is 577 Å². The molecule has 119 heavy (non-hydrogen) atoms. The molecule has 8 aromatic rings. The van der Waals surface area contributed by atoms with Gasteiger partial charge in [0.2, 0.25) is 143 Å². The van der Waals surface area contributed by atoms with Gasteiger partial charge in [-0.1, -0.05) is 80.1 Å². The molecule has 0 saturated carbocycles. The number of hydrogen-bond donors (Lipinski definition) is 20. The second kappa shape index (κ2) is 63.5. The highest BCUT2D eigenvalue weighted by atomic mass is 15.4. The van der Waals surface area contributed by atoms with Crippen LogP contribution in [0.15, 0.2) is 0 Å². The first-order valence-electron chi connectivity index (χ1n) is 40.3. The number of nitrogens with one attached hydrogen (secondary N) is 19. The zero-order valence-electron chi connectivity index (χ0n) is 75.7. The maximum absolute atomic E-state index is 5.60. The number of rotatable bonds is 43. The molecule has 0 bridgehead atoms. The van der Waals surface area contributed by atoms with E-state index in [2.05, 4.69) is 262 Å². The van der Waals surface area contributed by atoms with Crippen molar-refractivity contribution in [3.8, 4) is 0 Å². The Morgan fingerprint density at radius 2 is 0.429 bits per heavy atom. The van der Waals surface area contributed by atoms with Gasteiger partial charge < -0.3 is 126 Å². The number of nitrogens with zero attached hydrogens (tertiary/aromatic N) is 28. The molecular formula is C71H142N48. The van der Waals surface area contributed by atoms with Crippen molar-refractivity contribution < 1.29 is 0 Å². The lowest BCUT2D eigenvalue weighted by Gasteiger charge is -2.17. The summed E-state index contributed by atoms with van der Waals surface area (Å²) in [7, 11) is 34.6. The molecule has 0 atom stereocenters. The van der Waals surface area contributed by atoms with Crippen LogP contribution < -0.4 is 126 Å². The molecule has 8 aromatic heterocycles.